The first-order valence-corrected chi connectivity index (χ1v) is 5.75. The third-order valence-electron chi connectivity index (χ3n) is 2.20. The zero-order valence-electron chi connectivity index (χ0n) is 9.48. The Kier molecular flexibility index (Phi) is 4.01. The van der Waals surface area contributed by atoms with Gasteiger partial charge in [0.05, 0.1) is 0 Å². The van der Waals surface area contributed by atoms with Crippen molar-refractivity contribution in [2.24, 2.45) is 0 Å². The van der Waals surface area contributed by atoms with Crippen LogP contribution in [0.1, 0.15) is 5.56 Å². The standard InChI is InChI=1S/C15H10ClNO/c16-13-7-9-14(10-8-13)17-15(18)11-6-12-4-2-1-3-5-12/h1-5,7-10H,(H,17,18). The number of benzene rings is 2. The average molecular weight is 256 g/mol. The molecule has 0 aliphatic heterocycles. The van der Waals surface area contributed by atoms with Gasteiger partial charge in [-0.1, -0.05) is 35.7 Å². The number of rotatable bonds is 1. The molecule has 18 heavy (non-hydrogen) atoms. The van der Waals surface area contributed by atoms with Crippen LogP contribution in [0.2, 0.25) is 5.02 Å². The molecule has 2 aromatic carbocycles. The minimum absolute atomic E-state index is 0.346. The maximum atomic E-state index is 11.6. The van der Waals surface area contributed by atoms with Crippen molar-refractivity contribution in [3.8, 4) is 11.8 Å². The van der Waals surface area contributed by atoms with Gasteiger partial charge in [-0.2, -0.15) is 0 Å². The highest BCUT2D eigenvalue weighted by atomic mass is 35.5. The lowest BCUT2D eigenvalue weighted by Gasteiger charge is -1.99. The van der Waals surface area contributed by atoms with Crippen LogP contribution in [0.15, 0.2) is 54.6 Å². The fraction of sp³-hybridized carbons (Fsp3) is 0. The van der Waals surface area contributed by atoms with E-state index in [2.05, 4.69) is 17.2 Å². The van der Waals surface area contributed by atoms with Gasteiger partial charge in [-0.25, -0.2) is 0 Å². The van der Waals surface area contributed by atoms with E-state index in [9.17, 15) is 4.79 Å². The number of hydrogen-bond donors (Lipinski definition) is 1. The van der Waals surface area contributed by atoms with Gasteiger partial charge in [0.15, 0.2) is 0 Å². The zero-order chi connectivity index (χ0) is 12.8. The van der Waals surface area contributed by atoms with E-state index in [1.807, 2.05) is 30.3 Å². The van der Waals surface area contributed by atoms with E-state index in [-0.39, 0.29) is 5.91 Å². The molecule has 0 aliphatic rings. The maximum absolute atomic E-state index is 11.6. The Morgan fingerprint density at radius 2 is 1.67 bits per heavy atom. The van der Waals surface area contributed by atoms with E-state index in [0.717, 1.165) is 5.56 Å². The van der Waals surface area contributed by atoms with Crippen molar-refractivity contribution < 1.29 is 4.79 Å². The summed E-state index contributed by atoms with van der Waals surface area (Å²) in [6, 6.07) is 16.2. The van der Waals surface area contributed by atoms with Crippen molar-refractivity contribution in [3.63, 3.8) is 0 Å². The number of nitrogens with one attached hydrogen (secondary N) is 1. The van der Waals surface area contributed by atoms with Crippen LogP contribution in [0.5, 0.6) is 0 Å². The molecule has 1 N–H and O–H groups in total. The normalized spacial score (nSPS) is 9.17. The van der Waals surface area contributed by atoms with Gasteiger partial charge in [0.2, 0.25) is 0 Å². The Balaban J connectivity index is 2.01. The Labute approximate surface area is 111 Å². The Morgan fingerprint density at radius 1 is 1.00 bits per heavy atom. The van der Waals surface area contributed by atoms with Crippen LogP contribution in [-0.2, 0) is 4.79 Å². The molecule has 0 saturated heterocycles. The predicted octanol–water partition coefficient (Wildman–Crippen LogP) is 3.33. The van der Waals surface area contributed by atoms with Crippen molar-refractivity contribution in [1.29, 1.82) is 0 Å². The third-order valence-corrected chi connectivity index (χ3v) is 2.45. The first-order valence-electron chi connectivity index (χ1n) is 5.38. The highest BCUT2D eigenvalue weighted by molar-refractivity contribution is 6.30. The van der Waals surface area contributed by atoms with Crippen LogP contribution in [0, 0.1) is 11.8 Å². The number of hydrogen-bond acceptors (Lipinski definition) is 1. The quantitative estimate of drug-likeness (QED) is 0.778. The van der Waals surface area contributed by atoms with Crippen LogP contribution in [0.3, 0.4) is 0 Å². The van der Waals surface area contributed by atoms with E-state index >= 15 is 0 Å². The number of anilines is 1. The molecule has 1 amide bonds. The molecule has 0 atom stereocenters. The molecule has 3 heteroatoms. The third kappa shape index (κ3) is 3.65. The number of halogens is 1. The van der Waals surface area contributed by atoms with Crippen molar-refractivity contribution in [3.05, 3.63) is 65.2 Å². The second kappa shape index (κ2) is 5.90. The molecular weight excluding hydrogens is 246 g/mol. The number of carbonyl (C=O) groups is 1. The van der Waals surface area contributed by atoms with Crippen LogP contribution in [-0.4, -0.2) is 5.91 Å². The Bertz CT molecular complexity index is 594. The topological polar surface area (TPSA) is 29.1 Å². The van der Waals surface area contributed by atoms with E-state index < -0.39 is 0 Å². The van der Waals surface area contributed by atoms with E-state index in [0.29, 0.717) is 10.7 Å². The summed E-state index contributed by atoms with van der Waals surface area (Å²) in [6.07, 6.45) is 0. The molecule has 0 bridgehead atoms. The summed E-state index contributed by atoms with van der Waals surface area (Å²) in [5.74, 6) is 4.97. The van der Waals surface area contributed by atoms with Gasteiger partial charge in [0.1, 0.15) is 0 Å². The first kappa shape index (κ1) is 12.2. The summed E-state index contributed by atoms with van der Waals surface area (Å²) in [4.78, 5) is 11.6. The van der Waals surface area contributed by atoms with Gasteiger partial charge < -0.3 is 5.32 Å². The van der Waals surface area contributed by atoms with Crippen LogP contribution < -0.4 is 5.32 Å². The Morgan fingerprint density at radius 3 is 2.33 bits per heavy atom. The van der Waals surface area contributed by atoms with Crippen LogP contribution in [0.4, 0.5) is 5.69 Å². The summed E-state index contributed by atoms with van der Waals surface area (Å²) in [7, 11) is 0. The molecule has 0 aliphatic carbocycles. The molecule has 0 unspecified atom stereocenters. The summed E-state index contributed by atoms with van der Waals surface area (Å²) in [5.41, 5.74) is 1.48. The summed E-state index contributed by atoms with van der Waals surface area (Å²) in [6.45, 7) is 0. The molecule has 2 aromatic rings. The molecule has 0 spiro atoms. The zero-order valence-corrected chi connectivity index (χ0v) is 10.2. The smallest absolute Gasteiger partial charge is 0.300 e. The predicted molar refractivity (Wildman–Crippen MR) is 73.4 cm³/mol. The summed E-state index contributed by atoms with van der Waals surface area (Å²) in [5, 5.41) is 3.30. The molecule has 88 valence electrons. The van der Waals surface area contributed by atoms with Gasteiger partial charge in [-0.05, 0) is 36.4 Å². The largest absolute Gasteiger partial charge is 0.315 e. The van der Waals surface area contributed by atoms with Crippen molar-refractivity contribution >= 4 is 23.2 Å². The van der Waals surface area contributed by atoms with Gasteiger partial charge in [0.25, 0.3) is 0 Å². The molecule has 0 heterocycles. The number of amides is 1. The van der Waals surface area contributed by atoms with Gasteiger partial charge in [-0.3, -0.25) is 4.79 Å². The maximum Gasteiger partial charge on any atom is 0.300 e. The minimum atomic E-state index is -0.346. The van der Waals surface area contributed by atoms with E-state index in [1.54, 1.807) is 24.3 Å². The lowest BCUT2D eigenvalue weighted by Crippen LogP contribution is -2.08. The molecule has 2 rings (SSSR count). The number of carbonyl (C=O) groups excluding carboxylic acids is 1. The molecule has 0 aromatic heterocycles. The highest BCUT2D eigenvalue weighted by Crippen LogP contribution is 2.12. The first-order chi connectivity index (χ1) is 8.74. The fourth-order valence-electron chi connectivity index (χ4n) is 1.35. The molecule has 0 fully saturated rings. The molecule has 2 nitrogen and oxygen atoms in total. The Hall–Kier alpha value is -2.24. The molecule has 0 saturated carbocycles. The lowest BCUT2D eigenvalue weighted by molar-refractivity contribution is -0.111. The van der Waals surface area contributed by atoms with Crippen molar-refractivity contribution in [2.45, 2.75) is 0 Å². The summed E-state index contributed by atoms with van der Waals surface area (Å²) >= 11 is 5.75. The van der Waals surface area contributed by atoms with E-state index in [4.69, 9.17) is 11.6 Å². The lowest BCUT2D eigenvalue weighted by atomic mass is 10.2. The van der Waals surface area contributed by atoms with Crippen LogP contribution in [0.25, 0.3) is 0 Å². The highest BCUT2D eigenvalue weighted by Gasteiger charge is 1.97. The van der Waals surface area contributed by atoms with Crippen molar-refractivity contribution in [1.82, 2.24) is 0 Å². The fourth-order valence-corrected chi connectivity index (χ4v) is 1.47. The van der Waals surface area contributed by atoms with Crippen LogP contribution >= 0.6 is 11.6 Å². The van der Waals surface area contributed by atoms with Gasteiger partial charge in [0, 0.05) is 22.2 Å². The second-order valence-corrected chi connectivity index (χ2v) is 4.01. The van der Waals surface area contributed by atoms with E-state index in [1.165, 1.54) is 0 Å². The average Bonchev–Trinajstić information content (AvgIpc) is 2.40. The monoisotopic (exact) mass is 255 g/mol. The molecule has 0 radical (unpaired) electrons. The molecular formula is C15H10ClNO. The van der Waals surface area contributed by atoms with Gasteiger partial charge >= 0.3 is 5.91 Å². The second-order valence-electron chi connectivity index (χ2n) is 3.58. The minimum Gasteiger partial charge on any atom is -0.315 e. The summed E-state index contributed by atoms with van der Waals surface area (Å²) < 4.78 is 0. The van der Waals surface area contributed by atoms with Crippen molar-refractivity contribution in [2.75, 3.05) is 5.32 Å². The van der Waals surface area contributed by atoms with Gasteiger partial charge in [-0.15, -0.1) is 0 Å². The SMILES string of the molecule is O=C(C#Cc1ccccc1)Nc1ccc(Cl)cc1.